The predicted molar refractivity (Wildman–Crippen MR) is 60.5 cm³/mol. The number of halogens is 2. The van der Waals surface area contributed by atoms with Crippen molar-refractivity contribution in [3.63, 3.8) is 0 Å². The molecular formula is C13H17F2N. The lowest BCUT2D eigenvalue weighted by atomic mass is 10.0. The average Bonchev–Trinajstić information content (AvgIpc) is 2.75. The zero-order valence-corrected chi connectivity index (χ0v) is 9.52. The highest BCUT2D eigenvalue weighted by Crippen LogP contribution is 2.19. The largest absolute Gasteiger partial charge is 0.314 e. The molecule has 0 amide bonds. The molecule has 1 aromatic carbocycles. The van der Waals surface area contributed by atoms with Crippen molar-refractivity contribution in [1.82, 2.24) is 5.32 Å². The maximum atomic E-state index is 13.6. The normalized spacial score (nSPS) is 20.3. The van der Waals surface area contributed by atoms with Crippen molar-refractivity contribution in [2.75, 3.05) is 6.54 Å². The van der Waals surface area contributed by atoms with Gasteiger partial charge in [0.1, 0.15) is 11.6 Å². The molecule has 1 nitrogen and oxygen atoms in total. The quantitative estimate of drug-likeness (QED) is 0.834. The molecule has 3 heteroatoms. The smallest absolute Gasteiger partial charge is 0.129 e. The maximum Gasteiger partial charge on any atom is 0.129 e. The van der Waals surface area contributed by atoms with Crippen LogP contribution in [0.2, 0.25) is 0 Å². The molecule has 0 aromatic heterocycles. The van der Waals surface area contributed by atoms with E-state index in [1.807, 2.05) is 6.92 Å². The van der Waals surface area contributed by atoms with Gasteiger partial charge < -0.3 is 5.32 Å². The molecule has 1 aliphatic rings. The first kappa shape index (κ1) is 11.5. The highest BCUT2D eigenvalue weighted by atomic mass is 19.1. The number of hydrogen-bond acceptors (Lipinski definition) is 1. The topological polar surface area (TPSA) is 12.0 Å². The van der Waals surface area contributed by atoms with Crippen LogP contribution in [0, 0.1) is 11.6 Å². The molecule has 1 fully saturated rings. The van der Waals surface area contributed by atoms with Gasteiger partial charge >= 0.3 is 0 Å². The van der Waals surface area contributed by atoms with Crippen LogP contribution in [0.5, 0.6) is 0 Å². The van der Waals surface area contributed by atoms with E-state index in [4.69, 9.17) is 0 Å². The van der Waals surface area contributed by atoms with Gasteiger partial charge in [0, 0.05) is 12.1 Å². The van der Waals surface area contributed by atoms with E-state index in [1.165, 1.54) is 0 Å². The number of aryl methyl sites for hydroxylation is 1. The lowest BCUT2D eigenvalue weighted by Gasteiger charge is -2.12. The molecule has 1 atom stereocenters. The van der Waals surface area contributed by atoms with Crippen LogP contribution in [-0.4, -0.2) is 12.6 Å². The van der Waals surface area contributed by atoms with Crippen LogP contribution in [0.4, 0.5) is 8.78 Å². The molecule has 2 rings (SSSR count). The Bertz CT molecular complexity index is 370. The van der Waals surface area contributed by atoms with E-state index in [2.05, 4.69) is 5.32 Å². The van der Waals surface area contributed by atoms with Gasteiger partial charge in [-0.25, -0.2) is 8.78 Å². The van der Waals surface area contributed by atoms with Crippen LogP contribution in [0.15, 0.2) is 12.1 Å². The van der Waals surface area contributed by atoms with Crippen molar-refractivity contribution in [3.05, 3.63) is 34.9 Å². The van der Waals surface area contributed by atoms with Crippen molar-refractivity contribution in [2.45, 2.75) is 38.6 Å². The Balaban J connectivity index is 2.18. The molecule has 0 spiro atoms. The molecule has 0 saturated carbocycles. The summed E-state index contributed by atoms with van der Waals surface area (Å²) in [4.78, 5) is 0. The Kier molecular flexibility index (Phi) is 3.54. The lowest BCUT2D eigenvalue weighted by Crippen LogP contribution is -2.24. The number of hydrogen-bond donors (Lipinski definition) is 1. The second-order valence-electron chi connectivity index (χ2n) is 4.39. The Morgan fingerprint density at radius 1 is 1.25 bits per heavy atom. The van der Waals surface area contributed by atoms with E-state index in [-0.39, 0.29) is 0 Å². The minimum atomic E-state index is -0.428. The van der Waals surface area contributed by atoms with Crippen molar-refractivity contribution in [3.8, 4) is 0 Å². The summed E-state index contributed by atoms with van der Waals surface area (Å²) >= 11 is 0. The Morgan fingerprint density at radius 2 is 2.00 bits per heavy atom. The highest BCUT2D eigenvalue weighted by Gasteiger charge is 2.17. The molecule has 0 radical (unpaired) electrons. The summed E-state index contributed by atoms with van der Waals surface area (Å²) in [7, 11) is 0. The van der Waals surface area contributed by atoms with E-state index in [0.717, 1.165) is 25.5 Å². The molecule has 1 aliphatic heterocycles. The number of benzene rings is 1. The molecule has 88 valence electrons. The minimum absolute atomic E-state index is 0.352. The first-order chi connectivity index (χ1) is 7.70. The van der Waals surface area contributed by atoms with Gasteiger partial charge in [-0.15, -0.1) is 0 Å². The summed E-state index contributed by atoms with van der Waals surface area (Å²) in [6.07, 6.45) is 3.50. The highest BCUT2D eigenvalue weighted by molar-refractivity contribution is 5.27. The monoisotopic (exact) mass is 225 g/mol. The summed E-state index contributed by atoms with van der Waals surface area (Å²) < 4.78 is 26.8. The van der Waals surface area contributed by atoms with Crippen LogP contribution < -0.4 is 5.32 Å². The zero-order valence-electron chi connectivity index (χ0n) is 9.52. The van der Waals surface area contributed by atoms with E-state index in [9.17, 15) is 8.78 Å². The summed E-state index contributed by atoms with van der Waals surface area (Å²) in [5.41, 5.74) is 1.24. The van der Waals surface area contributed by atoms with E-state index < -0.39 is 11.6 Å². The second-order valence-corrected chi connectivity index (χ2v) is 4.39. The zero-order chi connectivity index (χ0) is 11.5. The molecule has 1 aromatic rings. The molecule has 1 saturated heterocycles. The van der Waals surface area contributed by atoms with E-state index in [0.29, 0.717) is 30.0 Å². The van der Waals surface area contributed by atoms with Gasteiger partial charge in [-0.2, -0.15) is 0 Å². The third-order valence-corrected chi connectivity index (χ3v) is 3.23. The van der Waals surface area contributed by atoms with Crippen molar-refractivity contribution >= 4 is 0 Å². The summed E-state index contributed by atoms with van der Waals surface area (Å²) in [6, 6.07) is 3.04. The lowest BCUT2D eigenvalue weighted by molar-refractivity contribution is 0.540. The summed E-state index contributed by atoms with van der Waals surface area (Å²) in [5, 5.41) is 3.32. The van der Waals surface area contributed by atoms with Gasteiger partial charge in [0.05, 0.1) is 0 Å². The van der Waals surface area contributed by atoms with Crippen LogP contribution in [0.3, 0.4) is 0 Å². The molecule has 0 bridgehead atoms. The average molecular weight is 225 g/mol. The van der Waals surface area contributed by atoms with Gasteiger partial charge in [0.25, 0.3) is 0 Å². The van der Waals surface area contributed by atoms with Crippen LogP contribution in [0.1, 0.15) is 30.9 Å². The Hall–Kier alpha value is -0.960. The molecule has 1 heterocycles. The van der Waals surface area contributed by atoms with Crippen LogP contribution in [-0.2, 0) is 12.8 Å². The maximum absolute atomic E-state index is 13.6. The fraction of sp³-hybridized carbons (Fsp3) is 0.538. The summed E-state index contributed by atoms with van der Waals surface area (Å²) in [5.74, 6) is -0.841. The number of nitrogens with one attached hydrogen (secondary N) is 1. The van der Waals surface area contributed by atoms with Gasteiger partial charge in [0.15, 0.2) is 0 Å². The summed E-state index contributed by atoms with van der Waals surface area (Å²) in [6.45, 7) is 2.89. The van der Waals surface area contributed by atoms with Crippen LogP contribution >= 0.6 is 0 Å². The van der Waals surface area contributed by atoms with Crippen molar-refractivity contribution in [1.29, 1.82) is 0 Å². The first-order valence-corrected chi connectivity index (χ1v) is 5.91. The number of rotatable bonds is 3. The second kappa shape index (κ2) is 4.91. The molecule has 1 unspecified atom stereocenters. The molecule has 16 heavy (non-hydrogen) atoms. The van der Waals surface area contributed by atoms with Gasteiger partial charge in [0.2, 0.25) is 0 Å². The van der Waals surface area contributed by atoms with E-state index >= 15 is 0 Å². The Morgan fingerprint density at radius 3 is 2.62 bits per heavy atom. The SMILES string of the molecule is CCc1cc(CC2CCCN2)c(F)cc1F. The predicted octanol–water partition coefficient (Wildman–Crippen LogP) is 2.82. The fourth-order valence-electron chi connectivity index (χ4n) is 2.27. The Labute approximate surface area is 94.9 Å². The van der Waals surface area contributed by atoms with Crippen LogP contribution in [0.25, 0.3) is 0 Å². The van der Waals surface area contributed by atoms with Gasteiger partial charge in [-0.3, -0.25) is 0 Å². The third-order valence-electron chi connectivity index (χ3n) is 3.23. The minimum Gasteiger partial charge on any atom is -0.314 e. The van der Waals surface area contributed by atoms with Crippen molar-refractivity contribution < 1.29 is 8.78 Å². The molecule has 0 aliphatic carbocycles. The first-order valence-electron chi connectivity index (χ1n) is 5.91. The fourth-order valence-corrected chi connectivity index (χ4v) is 2.27. The molecular weight excluding hydrogens is 208 g/mol. The van der Waals surface area contributed by atoms with Gasteiger partial charge in [-0.05, 0) is 49.4 Å². The van der Waals surface area contributed by atoms with Gasteiger partial charge in [-0.1, -0.05) is 6.92 Å². The molecule has 1 N–H and O–H groups in total. The van der Waals surface area contributed by atoms with Crippen molar-refractivity contribution in [2.24, 2.45) is 0 Å². The third kappa shape index (κ3) is 2.40. The van der Waals surface area contributed by atoms with E-state index in [1.54, 1.807) is 6.07 Å². The standard InChI is InChI=1S/C13H17F2N/c1-2-9-6-10(13(15)8-12(9)14)7-11-4-3-5-16-11/h6,8,11,16H,2-5,7H2,1H3.